The second-order valence-corrected chi connectivity index (χ2v) is 20.1. The number of hydrogen-bond donors (Lipinski definition) is 0. The van der Waals surface area contributed by atoms with Crippen molar-refractivity contribution >= 4 is 11.8 Å². The lowest BCUT2D eigenvalue weighted by atomic mass is 9.76. The smallest absolute Gasteiger partial charge is 0.0995 e. The third-order valence-electron chi connectivity index (χ3n) is 14.5. The van der Waals surface area contributed by atoms with E-state index >= 15 is 0 Å². The van der Waals surface area contributed by atoms with Crippen LogP contribution in [0.2, 0.25) is 0 Å². The quantitative estimate of drug-likeness (QED) is 0.0741. The third-order valence-corrected chi connectivity index (χ3v) is 16.1. The Bertz CT molecular complexity index is 1840. The van der Waals surface area contributed by atoms with Crippen LogP contribution < -0.4 is 0 Å². The Balaban J connectivity index is 1.37. The summed E-state index contributed by atoms with van der Waals surface area (Å²) in [6.45, 7) is 9.14. The van der Waals surface area contributed by atoms with Crippen LogP contribution in [-0.4, -0.2) is 0 Å². The van der Waals surface area contributed by atoms with Gasteiger partial charge in [-0.3, -0.25) is 0 Å². The maximum Gasteiger partial charge on any atom is 0.0995 e. The summed E-state index contributed by atoms with van der Waals surface area (Å²) in [5, 5.41) is 21.7. The molecule has 3 heteroatoms. The Morgan fingerprint density at radius 2 is 0.852 bits per heavy atom. The molecule has 0 amide bonds. The Hall–Kier alpha value is -3.79. The molecule has 4 aromatic rings. The van der Waals surface area contributed by atoms with E-state index in [1.165, 1.54) is 162 Å². The number of aryl methyl sites for hydroxylation is 2. The molecule has 2 unspecified atom stereocenters. The molecule has 2 aliphatic rings. The molecule has 2 atom stereocenters. The highest BCUT2D eigenvalue weighted by atomic mass is 32.2. The van der Waals surface area contributed by atoms with Crippen molar-refractivity contribution in [2.24, 2.45) is 11.8 Å². The SMILES string of the molecule is CCCCCc1ccc(C(SC(c2ccc(CCCCC)cc2)c2ccc([C@H]3CC[C@H](CCCC)CC3)cc2C#N)c2ccc([C@H]3CC[C@H](CCCC)CC3)cc2C#N)cc1. The zero-order chi connectivity index (χ0) is 42.8. The van der Waals surface area contributed by atoms with Crippen LogP contribution in [0.3, 0.4) is 0 Å². The molecule has 4 aromatic carbocycles. The van der Waals surface area contributed by atoms with E-state index in [2.05, 4.69) is 125 Å². The van der Waals surface area contributed by atoms with Gasteiger partial charge in [-0.1, -0.05) is 165 Å². The Morgan fingerprint density at radius 3 is 1.20 bits per heavy atom. The van der Waals surface area contributed by atoms with E-state index in [1.54, 1.807) is 0 Å². The van der Waals surface area contributed by atoms with Crippen LogP contribution in [0.25, 0.3) is 0 Å². The Kier molecular flexibility index (Phi) is 18.9. The second-order valence-electron chi connectivity index (χ2n) is 18.9. The molecule has 61 heavy (non-hydrogen) atoms. The van der Waals surface area contributed by atoms with Gasteiger partial charge in [0.25, 0.3) is 0 Å². The van der Waals surface area contributed by atoms with Crippen molar-refractivity contribution in [1.82, 2.24) is 0 Å². The molecule has 2 saturated carbocycles. The van der Waals surface area contributed by atoms with Crippen LogP contribution in [0.1, 0.15) is 234 Å². The first-order valence-electron chi connectivity index (χ1n) is 24.9. The highest BCUT2D eigenvalue weighted by Gasteiger charge is 2.30. The molecule has 0 heterocycles. The summed E-state index contributed by atoms with van der Waals surface area (Å²) in [7, 11) is 0. The van der Waals surface area contributed by atoms with E-state index < -0.39 is 0 Å². The molecule has 0 bridgehead atoms. The van der Waals surface area contributed by atoms with E-state index in [9.17, 15) is 10.5 Å². The van der Waals surface area contributed by atoms with Gasteiger partial charge in [0.15, 0.2) is 0 Å². The maximum atomic E-state index is 10.9. The van der Waals surface area contributed by atoms with E-state index in [0.717, 1.165) is 46.9 Å². The highest BCUT2D eigenvalue weighted by Crippen LogP contribution is 2.50. The van der Waals surface area contributed by atoms with Gasteiger partial charge in [0, 0.05) is 0 Å². The van der Waals surface area contributed by atoms with Crippen LogP contribution in [0.4, 0.5) is 0 Å². The van der Waals surface area contributed by atoms with Crippen molar-refractivity contribution in [3.05, 3.63) is 141 Å². The molecular weight excluding hydrogens is 757 g/mol. The second kappa shape index (κ2) is 24.7. The van der Waals surface area contributed by atoms with Crippen molar-refractivity contribution in [1.29, 1.82) is 10.5 Å². The summed E-state index contributed by atoms with van der Waals surface area (Å²) in [4.78, 5) is 0. The minimum absolute atomic E-state index is 0.0861. The van der Waals surface area contributed by atoms with Crippen molar-refractivity contribution in [2.75, 3.05) is 0 Å². The van der Waals surface area contributed by atoms with E-state index in [0.29, 0.717) is 11.8 Å². The molecule has 0 radical (unpaired) electrons. The Labute approximate surface area is 376 Å². The van der Waals surface area contributed by atoms with Crippen molar-refractivity contribution in [3.8, 4) is 12.1 Å². The number of rotatable bonds is 22. The van der Waals surface area contributed by atoms with Gasteiger partial charge in [0.05, 0.1) is 33.8 Å². The monoisotopic (exact) mass is 833 g/mol. The van der Waals surface area contributed by atoms with Crippen LogP contribution in [0, 0.1) is 34.5 Å². The van der Waals surface area contributed by atoms with Crippen molar-refractivity contribution < 1.29 is 0 Å². The minimum Gasteiger partial charge on any atom is -0.192 e. The first-order valence-corrected chi connectivity index (χ1v) is 25.8. The van der Waals surface area contributed by atoms with Gasteiger partial charge in [-0.15, -0.1) is 11.8 Å². The van der Waals surface area contributed by atoms with E-state index in [4.69, 9.17) is 0 Å². The summed E-state index contributed by atoms with van der Waals surface area (Å²) >= 11 is 1.91. The summed E-state index contributed by atoms with van der Waals surface area (Å²) in [5.41, 5.74) is 11.6. The van der Waals surface area contributed by atoms with Gasteiger partial charge in [-0.05, 0) is 157 Å². The van der Waals surface area contributed by atoms with Gasteiger partial charge in [-0.2, -0.15) is 10.5 Å². The number of thioether (sulfide) groups is 1. The Morgan fingerprint density at radius 1 is 0.475 bits per heavy atom. The zero-order valence-corrected chi connectivity index (χ0v) is 39.2. The molecule has 2 aliphatic carbocycles. The van der Waals surface area contributed by atoms with Gasteiger partial charge in [0.2, 0.25) is 0 Å². The predicted octanol–water partition coefficient (Wildman–Crippen LogP) is 17.4. The number of benzene rings is 4. The molecule has 2 fully saturated rings. The lowest BCUT2D eigenvalue weighted by molar-refractivity contribution is 0.304. The summed E-state index contributed by atoms with van der Waals surface area (Å²) in [6.07, 6.45) is 27.6. The van der Waals surface area contributed by atoms with Crippen LogP contribution in [0.15, 0.2) is 84.9 Å². The molecule has 0 aliphatic heterocycles. The average molecular weight is 833 g/mol. The molecule has 324 valence electrons. The molecular formula is C58H76N2S. The first kappa shape index (κ1) is 46.7. The lowest BCUT2D eigenvalue weighted by Crippen LogP contribution is -2.14. The zero-order valence-electron chi connectivity index (χ0n) is 38.4. The highest BCUT2D eigenvalue weighted by molar-refractivity contribution is 8.00. The number of nitrogens with zero attached hydrogens (tertiary/aromatic N) is 2. The van der Waals surface area contributed by atoms with Gasteiger partial charge in [-0.25, -0.2) is 0 Å². The lowest BCUT2D eigenvalue weighted by Gasteiger charge is -2.31. The molecule has 6 rings (SSSR count). The summed E-state index contributed by atoms with van der Waals surface area (Å²) in [6, 6.07) is 37.8. The molecule has 0 N–H and O–H groups in total. The van der Waals surface area contributed by atoms with Gasteiger partial charge in [0.1, 0.15) is 0 Å². The number of nitriles is 2. The van der Waals surface area contributed by atoms with Crippen LogP contribution in [-0.2, 0) is 12.8 Å². The normalized spacial score (nSPS) is 20.1. The van der Waals surface area contributed by atoms with E-state index in [-0.39, 0.29) is 10.5 Å². The number of hydrogen-bond acceptors (Lipinski definition) is 3. The average Bonchev–Trinajstić information content (AvgIpc) is 3.31. The topological polar surface area (TPSA) is 47.6 Å². The van der Waals surface area contributed by atoms with Crippen molar-refractivity contribution in [3.63, 3.8) is 0 Å². The largest absolute Gasteiger partial charge is 0.192 e. The fraction of sp³-hybridized carbons (Fsp3) is 0.552. The fourth-order valence-corrected chi connectivity index (χ4v) is 12.1. The van der Waals surface area contributed by atoms with E-state index in [1.807, 2.05) is 11.8 Å². The summed E-state index contributed by atoms with van der Waals surface area (Å²) in [5.74, 6) is 2.77. The maximum absolute atomic E-state index is 10.9. The minimum atomic E-state index is -0.0861. The summed E-state index contributed by atoms with van der Waals surface area (Å²) < 4.78 is 0. The third kappa shape index (κ3) is 13.1. The predicted molar refractivity (Wildman–Crippen MR) is 261 cm³/mol. The van der Waals surface area contributed by atoms with Crippen LogP contribution >= 0.6 is 11.8 Å². The first-order chi connectivity index (χ1) is 30.0. The van der Waals surface area contributed by atoms with Gasteiger partial charge < -0.3 is 0 Å². The standard InChI is InChI=1S/C58H76N2S/c1-5-9-13-17-45-23-31-49(32-24-45)57(55-37-35-51(39-53(55)41-59)47-27-19-43(20-28-47)15-11-7-3)61-58(50-33-25-46(26-34-50)18-14-10-6-2)56-38-36-52(40-54(56)42-60)48-29-21-44(22-30-48)16-12-8-4/h23-26,31-40,43-44,47-48,57-58H,5-22,27-30H2,1-4H3/t43-,44-,47-,48-,57?,58?. The molecule has 0 spiro atoms. The fourth-order valence-electron chi connectivity index (χ4n) is 10.5. The van der Waals surface area contributed by atoms with Crippen LogP contribution in [0.5, 0.6) is 0 Å². The van der Waals surface area contributed by atoms with Crippen molar-refractivity contribution in [2.45, 2.75) is 191 Å². The number of unbranched alkanes of at least 4 members (excludes halogenated alkanes) is 6. The molecule has 0 aromatic heterocycles. The van der Waals surface area contributed by atoms with Gasteiger partial charge >= 0.3 is 0 Å². The molecule has 0 saturated heterocycles. The molecule has 2 nitrogen and oxygen atoms in total.